The second kappa shape index (κ2) is 7.22. The van der Waals surface area contributed by atoms with Gasteiger partial charge in [-0.3, -0.25) is 4.79 Å². The van der Waals surface area contributed by atoms with Crippen LogP contribution < -0.4 is 11.1 Å². The molecule has 5 nitrogen and oxygen atoms in total. The maximum Gasteiger partial charge on any atom is 0.326 e. The Kier molecular flexibility index (Phi) is 5.33. The first-order chi connectivity index (χ1) is 10.1. The second-order valence-corrected chi connectivity index (χ2v) is 5.64. The zero-order valence-corrected chi connectivity index (χ0v) is 12.0. The van der Waals surface area contributed by atoms with Crippen molar-refractivity contribution in [3.05, 3.63) is 35.9 Å². The Morgan fingerprint density at radius 2 is 1.90 bits per heavy atom. The van der Waals surface area contributed by atoms with Crippen LogP contribution in [0.5, 0.6) is 0 Å². The molecule has 0 aromatic heterocycles. The first kappa shape index (κ1) is 15.5. The van der Waals surface area contributed by atoms with Gasteiger partial charge in [-0.1, -0.05) is 43.2 Å². The average Bonchev–Trinajstić information content (AvgIpc) is 2.48. The van der Waals surface area contributed by atoms with Crippen molar-refractivity contribution in [3.63, 3.8) is 0 Å². The Labute approximate surface area is 124 Å². The van der Waals surface area contributed by atoms with Crippen LogP contribution in [0.25, 0.3) is 0 Å². The van der Waals surface area contributed by atoms with Gasteiger partial charge in [0, 0.05) is 12.5 Å². The SMILES string of the molecule is N[C@@H]1CCCC[C@H]1C(=O)NC(Cc1ccccc1)C(=O)O. The van der Waals surface area contributed by atoms with Crippen LogP contribution in [0.4, 0.5) is 0 Å². The van der Waals surface area contributed by atoms with E-state index >= 15 is 0 Å². The van der Waals surface area contributed by atoms with Gasteiger partial charge in [0.15, 0.2) is 0 Å². The molecule has 1 amide bonds. The molecule has 1 aromatic rings. The summed E-state index contributed by atoms with van der Waals surface area (Å²) in [7, 11) is 0. The van der Waals surface area contributed by atoms with Crippen molar-refractivity contribution in [1.82, 2.24) is 5.32 Å². The fraction of sp³-hybridized carbons (Fsp3) is 0.500. The molecule has 5 heteroatoms. The lowest BCUT2D eigenvalue weighted by molar-refractivity contribution is -0.142. The number of nitrogens with one attached hydrogen (secondary N) is 1. The van der Waals surface area contributed by atoms with Gasteiger partial charge in [-0.25, -0.2) is 4.79 Å². The lowest BCUT2D eigenvalue weighted by Crippen LogP contribution is -2.49. The molecule has 4 N–H and O–H groups in total. The molecule has 0 aliphatic heterocycles. The number of carbonyl (C=O) groups is 2. The number of hydrogen-bond donors (Lipinski definition) is 3. The molecule has 1 unspecified atom stereocenters. The third-order valence-electron chi connectivity index (χ3n) is 4.05. The maximum absolute atomic E-state index is 12.3. The fourth-order valence-electron chi connectivity index (χ4n) is 2.81. The summed E-state index contributed by atoms with van der Waals surface area (Å²) in [4.78, 5) is 23.6. The van der Waals surface area contributed by atoms with Crippen molar-refractivity contribution >= 4 is 11.9 Å². The summed E-state index contributed by atoms with van der Waals surface area (Å²) in [6.45, 7) is 0. The summed E-state index contributed by atoms with van der Waals surface area (Å²) in [6.07, 6.45) is 3.86. The molecule has 0 saturated heterocycles. The Morgan fingerprint density at radius 1 is 1.24 bits per heavy atom. The molecule has 0 spiro atoms. The van der Waals surface area contributed by atoms with E-state index in [0.717, 1.165) is 31.2 Å². The van der Waals surface area contributed by atoms with E-state index in [9.17, 15) is 14.7 Å². The fourth-order valence-corrected chi connectivity index (χ4v) is 2.81. The van der Waals surface area contributed by atoms with E-state index in [1.165, 1.54) is 0 Å². The Bertz CT molecular complexity index is 490. The van der Waals surface area contributed by atoms with E-state index in [1.54, 1.807) is 0 Å². The maximum atomic E-state index is 12.3. The molecule has 21 heavy (non-hydrogen) atoms. The van der Waals surface area contributed by atoms with Crippen molar-refractivity contribution in [2.45, 2.75) is 44.2 Å². The number of nitrogens with two attached hydrogens (primary N) is 1. The number of benzene rings is 1. The number of amides is 1. The van der Waals surface area contributed by atoms with Gasteiger partial charge in [0.1, 0.15) is 6.04 Å². The first-order valence-electron chi connectivity index (χ1n) is 7.40. The number of hydrogen-bond acceptors (Lipinski definition) is 3. The van der Waals surface area contributed by atoms with E-state index in [1.807, 2.05) is 30.3 Å². The summed E-state index contributed by atoms with van der Waals surface area (Å²) in [5, 5.41) is 11.9. The molecule has 2 rings (SSSR count). The largest absolute Gasteiger partial charge is 0.480 e. The highest BCUT2D eigenvalue weighted by atomic mass is 16.4. The number of carboxylic acid groups (broad SMARTS) is 1. The third-order valence-corrected chi connectivity index (χ3v) is 4.05. The van der Waals surface area contributed by atoms with Gasteiger partial charge in [0.25, 0.3) is 0 Å². The molecule has 3 atom stereocenters. The lowest BCUT2D eigenvalue weighted by atomic mass is 9.84. The highest BCUT2D eigenvalue weighted by molar-refractivity contribution is 5.85. The Balaban J connectivity index is 1.99. The van der Waals surface area contributed by atoms with Crippen LogP contribution in [-0.4, -0.2) is 29.1 Å². The summed E-state index contributed by atoms with van der Waals surface area (Å²) in [5.74, 6) is -1.52. The van der Waals surface area contributed by atoms with Crippen LogP contribution >= 0.6 is 0 Å². The van der Waals surface area contributed by atoms with Crippen LogP contribution in [0.15, 0.2) is 30.3 Å². The highest BCUT2D eigenvalue weighted by Gasteiger charge is 2.31. The van der Waals surface area contributed by atoms with E-state index in [2.05, 4.69) is 5.32 Å². The predicted molar refractivity (Wildman–Crippen MR) is 79.6 cm³/mol. The highest BCUT2D eigenvalue weighted by Crippen LogP contribution is 2.23. The summed E-state index contributed by atoms with van der Waals surface area (Å²) in [5.41, 5.74) is 6.86. The van der Waals surface area contributed by atoms with Crippen molar-refractivity contribution < 1.29 is 14.7 Å². The van der Waals surface area contributed by atoms with Crippen LogP contribution in [0.2, 0.25) is 0 Å². The zero-order chi connectivity index (χ0) is 15.2. The van der Waals surface area contributed by atoms with E-state index in [-0.39, 0.29) is 24.3 Å². The van der Waals surface area contributed by atoms with Crippen LogP contribution in [0, 0.1) is 5.92 Å². The summed E-state index contributed by atoms with van der Waals surface area (Å²) < 4.78 is 0. The van der Waals surface area contributed by atoms with Gasteiger partial charge < -0.3 is 16.2 Å². The minimum Gasteiger partial charge on any atom is -0.480 e. The van der Waals surface area contributed by atoms with E-state index in [4.69, 9.17) is 5.73 Å². The topological polar surface area (TPSA) is 92.4 Å². The molecule has 0 bridgehead atoms. The predicted octanol–water partition coefficient (Wildman–Crippen LogP) is 1.32. The molecule has 0 heterocycles. The normalized spacial score (nSPS) is 23.3. The molecule has 1 aromatic carbocycles. The lowest BCUT2D eigenvalue weighted by Gasteiger charge is -2.28. The molecule has 1 aliphatic carbocycles. The monoisotopic (exact) mass is 290 g/mol. The minimum absolute atomic E-state index is 0.162. The van der Waals surface area contributed by atoms with Crippen molar-refractivity contribution in [2.75, 3.05) is 0 Å². The zero-order valence-electron chi connectivity index (χ0n) is 12.0. The first-order valence-corrected chi connectivity index (χ1v) is 7.40. The number of carbonyl (C=O) groups excluding carboxylic acids is 1. The standard InChI is InChI=1S/C16H22N2O3/c17-13-9-5-4-8-12(13)15(19)18-14(16(20)21)10-11-6-2-1-3-7-11/h1-3,6-7,12-14H,4-5,8-10,17H2,(H,18,19)(H,20,21)/t12-,13-,14?/m1/s1. The van der Waals surface area contributed by atoms with Gasteiger partial charge in [-0.05, 0) is 18.4 Å². The number of rotatable bonds is 5. The second-order valence-electron chi connectivity index (χ2n) is 5.64. The number of carboxylic acids is 1. The van der Waals surface area contributed by atoms with Crippen molar-refractivity contribution in [3.8, 4) is 0 Å². The summed E-state index contributed by atoms with van der Waals surface area (Å²) in [6, 6.07) is 8.22. The molecule has 1 aliphatic rings. The van der Waals surface area contributed by atoms with Crippen LogP contribution in [0.3, 0.4) is 0 Å². The molecular formula is C16H22N2O3. The molecule has 1 fully saturated rings. The molecule has 1 saturated carbocycles. The van der Waals surface area contributed by atoms with Crippen molar-refractivity contribution in [2.24, 2.45) is 11.7 Å². The van der Waals surface area contributed by atoms with Gasteiger partial charge >= 0.3 is 5.97 Å². The minimum atomic E-state index is -1.02. The Hall–Kier alpha value is -1.88. The molecule has 114 valence electrons. The van der Waals surface area contributed by atoms with Crippen LogP contribution in [0.1, 0.15) is 31.2 Å². The molecule has 0 radical (unpaired) electrons. The van der Waals surface area contributed by atoms with Crippen molar-refractivity contribution in [1.29, 1.82) is 0 Å². The van der Waals surface area contributed by atoms with Gasteiger partial charge in [-0.2, -0.15) is 0 Å². The summed E-state index contributed by atoms with van der Waals surface area (Å²) >= 11 is 0. The number of aliphatic carboxylic acids is 1. The molecular weight excluding hydrogens is 268 g/mol. The van der Waals surface area contributed by atoms with Gasteiger partial charge in [0.05, 0.1) is 5.92 Å². The Morgan fingerprint density at radius 3 is 2.52 bits per heavy atom. The average molecular weight is 290 g/mol. The quantitative estimate of drug-likeness (QED) is 0.762. The van der Waals surface area contributed by atoms with Gasteiger partial charge in [-0.15, -0.1) is 0 Å². The van der Waals surface area contributed by atoms with E-state index < -0.39 is 12.0 Å². The van der Waals surface area contributed by atoms with Crippen LogP contribution in [-0.2, 0) is 16.0 Å². The third kappa shape index (κ3) is 4.29. The van der Waals surface area contributed by atoms with Gasteiger partial charge in [0.2, 0.25) is 5.91 Å². The smallest absolute Gasteiger partial charge is 0.326 e. The van der Waals surface area contributed by atoms with E-state index in [0.29, 0.717) is 0 Å².